The maximum Gasteiger partial charge on any atom is 0.226 e. The average Bonchev–Trinajstić information content (AvgIpc) is 3.15. The fourth-order valence-corrected chi connectivity index (χ4v) is 3.90. The Morgan fingerprint density at radius 3 is 2.68 bits per heavy atom. The molecule has 0 unspecified atom stereocenters. The average molecular weight is 303 g/mol. The lowest BCUT2D eigenvalue weighted by molar-refractivity contribution is -0.135. The highest BCUT2D eigenvalue weighted by Gasteiger charge is 2.34. The third-order valence-corrected chi connectivity index (χ3v) is 5.42. The highest BCUT2D eigenvalue weighted by molar-refractivity contribution is 5.79. The molecule has 1 amide bonds. The van der Waals surface area contributed by atoms with Crippen molar-refractivity contribution in [1.82, 2.24) is 14.7 Å². The molecule has 0 saturated heterocycles. The summed E-state index contributed by atoms with van der Waals surface area (Å²) in [6.45, 7) is 2.33. The van der Waals surface area contributed by atoms with Crippen molar-refractivity contribution in [3.8, 4) is 0 Å². The molecule has 5 heteroatoms. The Kier molecular flexibility index (Phi) is 3.68. The molecule has 2 saturated carbocycles. The van der Waals surface area contributed by atoms with Crippen molar-refractivity contribution in [1.29, 1.82) is 0 Å². The van der Waals surface area contributed by atoms with Crippen LogP contribution in [0.3, 0.4) is 0 Å². The van der Waals surface area contributed by atoms with Gasteiger partial charge in [0.15, 0.2) is 0 Å². The van der Waals surface area contributed by atoms with Crippen LogP contribution in [0.15, 0.2) is 6.07 Å². The molecule has 5 nitrogen and oxygen atoms in total. The fourth-order valence-electron chi connectivity index (χ4n) is 3.90. The van der Waals surface area contributed by atoms with Crippen LogP contribution < -0.4 is 0 Å². The van der Waals surface area contributed by atoms with Gasteiger partial charge in [-0.1, -0.05) is 12.8 Å². The van der Waals surface area contributed by atoms with E-state index in [-0.39, 0.29) is 5.92 Å². The van der Waals surface area contributed by atoms with Gasteiger partial charge in [0.2, 0.25) is 5.91 Å². The van der Waals surface area contributed by atoms with Crippen molar-refractivity contribution in [2.75, 3.05) is 6.54 Å². The maximum absolute atomic E-state index is 12.7. The minimum absolute atomic E-state index is 0.242. The normalized spacial score (nSPS) is 24.1. The summed E-state index contributed by atoms with van der Waals surface area (Å²) in [6.07, 6.45) is 7.25. The van der Waals surface area contributed by atoms with Crippen LogP contribution in [0.4, 0.5) is 0 Å². The van der Waals surface area contributed by atoms with E-state index in [0.717, 1.165) is 56.6 Å². The van der Waals surface area contributed by atoms with Crippen LogP contribution >= 0.6 is 0 Å². The number of hydrogen-bond donors (Lipinski definition) is 1. The Morgan fingerprint density at radius 1 is 1.18 bits per heavy atom. The molecular weight excluding hydrogens is 278 g/mol. The molecule has 1 atom stereocenters. The Balaban J connectivity index is 1.50. The summed E-state index contributed by atoms with van der Waals surface area (Å²) >= 11 is 0. The predicted octanol–water partition coefficient (Wildman–Crippen LogP) is 2.25. The summed E-state index contributed by atoms with van der Waals surface area (Å²) in [4.78, 5) is 14.7. The first-order valence-electron chi connectivity index (χ1n) is 8.76. The summed E-state index contributed by atoms with van der Waals surface area (Å²) < 4.78 is 2.00. The van der Waals surface area contributed by atoms with Gasteiger partial charge in [-0.15, -0.1) is 0 Å². The first-order chi connectivity index (χ1) is 10.7. The zero-order chi connectivity index (χ0) is 15.1. The largest absolute Gasteiger partial charge is 0.386 e. The van der Waals surface area contributed by atoms with Crippen molar-refractivity contribution >= 4 is 5.91 Å². The molecule has 3 aliphatic rings. The van der Waals surface area contributed by atoms with Gasteiger partial charge < -0.3 is 10.0 Å². The van der Waals surface area contributed by atoms with Gasteiger partial charge >= 0.3 is 0 Å². The van der Waals surface area contributed by atoms with Crippen LogP contribution in [0.1, 0.15) is 62.4 Å². The Hall–Kier alpha value is -1.36. The lowest BCUT2D eigenvalue weighted by atomic mass is 10.1. The second-order valence-electron chi connectivity index (χ2n) is 7.16. The highest BCUT2D eigenvalue weighted by atomic mass is 16.3. The van der Waals surface area contributed by atoms with Crippen LogP contribution in [-0.4, -0.2) is 32.2 Å². The van der Waals surface area contributed by atoms with Crippen LogP contribution in [0, 0.1) is 11.8 Å². The van der Waals surface area contributed by atoms with Crippen molar-refractivity contribution in [3.63, 3.8) is 0 Å². The van der Waals surface area contributed by atoms with E-state index in [2.05, 4.69) is 5.10 Å². The molecular formula is C17H25N3O2. The molecule has 0 radical (unpaired) electrons. The van der Waals surface area contributed by atoms with Gasteiger partial charge in [0, 0.05) is 19.0 Å². The van der Waals surface area contributed by atoms with E-state index in [0.29, 0.717) is 18.4 Å². The van der Waals surface area contributed by atoms with Crippen LogP contribution in [0.25, 0.3) is 0 Å². The van der Waals surface area contributed by atoms with E-state index in [1.54, 1.807) is 0 Å². The van der Waals surface area contributed by atoms with Gasteiger partial charge in [-0.25, -0.2) is 0 Å². The van der Waals surface area contributed by atoms with Crippen molar-refractivity contribution in [3.05, 3.63) is 17.5 Å². The number of aryl methyl sites for hydroxylation is 1. The zero-order valence-electron chi connectivity index (χ0n) is 13.1. The molecule has 0 bridgehead atoms. The van der Waals surface area contributed by atoms with E-state index in [4.69, 9.17) is 0 Å². The van der Waals surface area contributed by atoms with Gasteiger partial charge in [0.05, 0.1) is 17.9 Å². The molecule has 0 spiro atoms. The molecule has 22 heavy (non-hydrogen) atoms. The molecule has 1 N–H and O–H groups in total. The number of carbonyl (C=O) groups is 1. The quantitative estimate of drug-likeness (QED) is 0.931. The topological polar surface area (TPSA) is 58.4 Å². The summed E-state index contributed by atoms with van der Waals surface area (Å²) in [5, 5.41) is 14.9. The molecule has 120 valence electrons. The molecule has 2 fully saturated rings. The number of aromatic nitrogens is 2. The van der Waals surface area contributed by atoms with Gasteiger partial charge in [-0.05, 0) is 44.1 Å². The van der Waals surface area contributed by atoms with E-state index >= 15 is 0 Å². The van der Waals surface area contributed by atoms with Crippen LogP contribution in [0.5, 0.6) is 0 Å². The molecule has 1 aromatic heterocycles. The number of nitrogens with zero attached hydrogens (tertiary/aromatic N) is 3. The smallest absolute Gasteiger partial charge is 0.226 e. The second kappa shape index (κ2) is 5.69. The second-order valence-corrected chi connectivity index (χ2v) is 7.16. The maximum atomic E-state index is 12.7. The monoisotopic (exact) mass is 303 g/mol. The number of amides is 1. The first kappa shape index (κ1) is 14.2. The minimum Gasteiger partial charge on any atom is -0.386 e. The van der Waals surface area contributed by atoms with Crippen LogP contribution in [-0.2, 0) is 17.9 Å². The fraction of sp³-hybridized carbons (Fsp3) is 0.765. The Bertz CT molecular complexity index is 558. The van der Waals surface area contributed by atoms with E-state index in [1.807, 2.05) is 15.6 Å². The lowest BCUT2D eigenvalue weighted by Gasteiger charge is -2.23. The van der Waals surface area contributed by atoms with E-state index in [1.165, 1.54) is 12.8 Å². The number of aliphatic hydroxyl groups is 1. The summed E-state index contributed by atoms with van der Waals surface area (Å²) in [5.74, 6) is 0.970. The van der Waals surface area contributed by atoms with Crippen LogP contribution in [0.2, 0.25) is 0 Å². The summed E-state index contributed by atoms with van der Waals surface area (Å²) in [5.41, 5.74) is 1.88. The lowest BCUT2D eigenvalue weighted by Crippen LogP contribution is -2.35. The molecule has 4 rings (SSSR count). The molecule has 2 heterocycles. The molecule has 1 aromatic rings. The highest BCUT2D eigenvalue weighted by Crippen LogP contribution is 2.40. The number of fused-ring (bicyclic) bond motifs is 1. The molecule has 0 aromatic carbocycles. The van der Waals surface area contributed by atoms with Gasteiger partial charge in [0.25, 0.3) is 0 Å². The van der Waals surface area contributed by atoms with Gasteiger partial charge in [-0.2, -0.15) is 5.10 Å². The third kappa shape index (κ3) is 2.67. The van der Waals surface area contributed by atoms with Gasteiger partial charge in [-0.3, -0.25) is 9.48 Å². The summed E-state index contributed by atoms with van der Waals surface area (Å²) in [7, 11) is 0. The molecule has 1 aliphatic heterocycles. The number of hydrogen-bond acceptors (Lipinski definition) is 3. The van der Waals surface area contributed by atoms with Crippen molar-refractivity contribution in [2.45, 2.75) is 64.1 Å². The predicted molar refractivity (Wildman–Crippen MR) is 81.9 cm³/mol. The number of aliphatic hydroxyl groups excluding tert-OH is 1. The Morgan fingerprint density at radius 2 is 1.95 bits per heavy atom. The third-order valence-electron chi connectivity index (χ3n) is 5.42. The van der Waals surface area contributed by atoms with E-state index in [9.17, 15) is 9.90 Å². The summed E-state index contributed by atoms with van der Waals surface area (Å²) in [6, 6.07) is 2.02. The van der Waals surface area contributed by atoms with Crippen molar-refractivity contribution < 1.29 is 9.90 Å². The van der Waals surface area contributed by atoms with Gasteiger partial charge in [0.1, 0.15) is 6.10 Å². The zero-order valence-corrected chi connectivity index (χ0v) is 13.1. The van der Waals surface area contributed by atoms with E-state index < -0.39 is 6.10 Å². The number of carbonyl (C=O) groups excluding carboxylic acids is 1. The standard InChI is InChI=1S/C17H25N3O2/c21-16(12-6-7-12)15-10-14-11-19(8-3-9-20(14)18-15)17(22)13-4-1-2-5-13/h10,12-13,16,21H,1-9,11H2/t16-/m0/s1. The SMILES string of the molecule is O=C(C1CCCC1)N1CCCn2nc([C@@H](O)C3CC3)cc2C1. The first-order valence-corrected chi connectivity index (χ1v) is 8.76. The minimum atomic E-state index is -0.418. The number of rotatable bonds is 3. The molecule has 2 aliphatic carbocycles. The Labute approximate surface area is 131 Å². The van der Waals surface area contributed by atoms with Crippen molar-refractivity contribution in [2.24, 2.45) is 11.8 Å².